The Hall–Kier alpha value is -3.06. The van der Waals surface area contributed by atoms with Crippen molar-refractivity contribution < 1.29 is 0 Å². The second-order valence-corrected chi connectivity index (χ2v) is 4.42. The van der Waals surface area contributed by atoms with E-state index in [0.29, 0.717) is 11.3 Å². The lowest BCUT2D eigenvalue weighted by molar-refractivity contribution is 0.880. The Bertz CT molecular complexity index is 782. The summed E-state index contributed by atoms with van der Waals surface area (Å²) < 4.78 is 1.74. The number of benzene rings is 2. The maximum absolute atomic E-state index is 9.01. The summed E-state index contributed by atoms with van der Waals surface area (Å²) in [5.41, 5.74) is 9.61. The minimum absolute atomic E-state index is 0.458. The van der Waals surface area contributed by atoms with Gasteiger partial charge in [0.2, 0.25) is 0 Å². The average molecular weight is 260 g/mol. The van der Waals surface area contributed by atoms with Gasteiger partial charge in [0, 0.05) is 17.4 Å². The van der Waals surface area contributed by atoms with Crippen LogP contribution in [0.15, 0.2) is 60.9 Å². The van der Waals surface area contributed by atoms with E-state index in [1.165, 1.54) is 0 Å². The van der Waals surface area contributed by atoms with Crippen LogP contribution in [-0.4, -0.2) is 9.78 Å². The number of rotatable bonds is 2. The molecule has 0 saturated heterocycles. The van der Waals surface area contributed by atoms with Crippen LogP contribution in [0.25, 0.3) is 16.8 Å². The van der Waals surface area contributed by atoms with Gasteiger partial charge in [-0.15, -0.1) is 0 Å². The van der Waals surface area contributed by atoms with Gasteiger partial charge < -0.3 is 5.73 Å². The van der Waals surface area contributed by atoms with E-state index in [0.717, 1.165) is 16.8 Å². The molecule has 1 aromatic heterocycles. The van der Waals surface area contributed by atoms with E-state index in [1.54, 1.807) is 23.0 Å². The molecule has 2 N–H and O–H groups in total. The maximum Gasteiger partial charge on any atom is 0.101 e. The summed E-state index contributed by atoms with van der Waals surface area (Å²) in [7, 11) is 0. The lowest BCUT2D eigenvalue weighted by atomic mass is 10.1. The predicted octanol–water partition coefficient (Wildman–Crippen LogP) is 2.99. The molecule has 0 fully saturated rings. The minimum atomic E-state index is 0.458. The van der Waals surface area contributed by atoms with Gasteiger partial charge in [-0.25, -0.2) is 4.68 Å². The normalized spacial score (nSPS) is 10.2. The molecule has 3 aromatic rings. The van der Waals surface area contributed by atoms with Crippen molar-refractivity contribution in [3.8, 4) is 22.9 Å². The first kappa shape index (κ1) is 12.0. The highest BCUT2D eigenvalue weighted by Gasteiger charge is 2.05. The third-order valence-corrected chi connectivity index (χ3v) is 3.11. The van der Waals surface area contributed by atoms with Gasteiger partial charge in [-0.05, 0) is 23.8 Å². The van der Waals surface area contributed by atoms with E-state index in [9.17, 15) is 0 Å². The van der Waals surface area contributed by atoms with E-state index in [4.69, 9.17) is 11.0 Å². The first-order valence-electron chi connectivity index (χ1n) is 6.18. The summed E-state index contributed by atoms with van der Waals surface area (Å²) in [5.74, 6) is 0. The first-order chi connectivity index (χ1) is 9.78. The van der Waals surface area contributed by atoms with Gasteiger partial charge in [0.1, 0.15) is 6.07 Å². The van der Waals surface area contributed by atoms with Crippen LogP contribution in [0, 0.1) is 11.3 Å². The minimum Gasteiger partial charge on any atom is -0.398 e. The van der Waals surface area contributed by atoms with Crippen LogP contribution in [0.5, 0.6) is 0 Å². The molecule has 0 aliphatic carbocycles. The van der Waals surface area contributed by atoms with Crippen molar-refractivity contribution in [2.24, 2.45) is 0 Å². The van der Waals surface area contributed by atoms with Crippen LogP contribution in [0.1, 0.15) is 5.56 Å². The van der Waals surface area contributed by atoms with Crippen molar-refractivity contribution in [1.29, 1.82) is 5.26 Å². The SMILES string of the molecule is N#Cc1cc(-n2cc(-c3ccccc3)cn2)ccc1N. The Morgan fingerprint density at radius 3 is 2.60 bits per heavy atom. The lowest BCUT2D eigenvalue weighted by Crippen LogP contribution is -1.97. The second kappa shape index (κ2) is 4.90. The van der Waals surface area contributed by atoms with E-state index in [1.807, 2.05) is 42.6 Å². The number of hydrogen-bond acceptors (Lipinski definition) is 3. The fraction of sp³-hybridized carbons (Fsp3) is 0. The smallest absolute Gasteiger partial charge is 0.101 e. The largest absolute Gasteiger partial charge is 0.398 e. The number of hydrogen-bond donors (Lipinski definition) is 1. The van der Waals surface area contributed by atoms with E-state index < -0.39 is 0 Å². The number of nitrogens with zero attached hydrogens (tertiary/aromatic N) is 3. The number of aromatic nitrogens is 2. The highest BCUT2D eigenvalue weighted by molar-refractivity contribution is 5.63. The summed E-state index contributed by atoms with van der Waals surface area (Å²) in [6.07, 6.45) is 3.74. The summed E-state index contributed by atoms with van der Waals surface area (Å²) in [4.78, 5) is 0. The van der Waals surface area contributed by atoms with Gasteiger partial charge in [0.05, 0.1) is 17.4 Å². The van der Waals surface area contributed by atoms with Crippen LogP contribution >= 0.6 is 0 Å². The molecule has 0 aliphatic rings. The van der Waals surface area contributed by atoms with Crippen LogP contribution in [0.3, 0.4) is 0 Å². The molecule has 0 amide bonds. The molecule has 0 aliphatic heterocycles. The molecule has 3 rings (SSSR count). The Balaban J connectivity index is 2.01. The van der Waals surface area contributed by atoms with Crippen molar-refractivity contribution >= 4 is 5.69 Å². The van der Waals surface area contributed by atoms with Gasteiger partial charge in [-0.3, -0.25) is 0 Å². The Labute approximate surface area is 116 Å². The number of nitrogen functional groups attached to an aromatic ring is 1. The van der Waals surface area contributed by atoms with Crippen LogP contribution in [0.4, 0.5) is 5.69 Å². The van der Waals surface area contributed by atoms with Crippen molar-refractivity contribution in [3.05, 3.63) is 66.5 Å². The first-order valence-corrected chi connectivity index (χ1v) is 6.18. The summed E-state index contributed by atoms with van der Waals surface area (Å²) >= 11 is 0. The molecule has 4 nitrogen and oxygen atoms in total. The summed E-state index contributed by atoms with van der Waals surface area (Å²) in [6, 6.07) is 17.4. The molecule has 0 saturated carbocycles. The third kappa shape index (κ3) is 2.13. The second-order valence-electron chi connectivity index (χ2n) is 4.42. The standard InChI is InChI=1S/C16H12N4/c17-9-13-8-15(6-7-16(13)18)20-11-14(10-19-20)12-4-2-1-3-5-12/h1-8,10-11H,18H2. The predicted molar refractivity (Wildman–Crippen MR) is 78.1 cm³/mol. The van der Waals surface area contributed by atoms with Crippen LogP contribution < -0.4 is 5.73 Å². The lowest BCUT2D eigenvalue weighted by Gasteiger charge is -2.03. The van der Waals surface area contributed by atoms with Gasteiger partial charge in [-0.2, -0.15) is 10.4 Å². The summed E-state index contributed by atoms with van der Waals surface area (Å²) in [6.45, 7) is 0. The van der Waals surface area contributed by atoms with E-state index >= 15 is 0 Å². The maximum atomic E-state index is 9.01. The number of anilines is 1. The fourth-order valence-corrected chi connectivity index (χ4v) is 2.03. The van der Waals surface area contributed by atoms with E-state index in [2.05, 4.69) is 11.2 Å². The Morgan fingerprint density at radius 1 is 1.05 bits per heavy atom. The molecule has 2 aromatic carbocycles. The fourth-order valence-electron chi connectivity index (χ4n) is 2.03. The highest BCUT2D eigenvalue weighted by Crippen LogP contribution is 2.21. The third-order valence-electron chi connectivity index (χ3n) is 3.11. The molecule has 1 heterocycles. The molecular weight excluding hydrogens is 248 g/mol. The van der Waals surface area contributed by atoms with Crippen molar-refractivity contribution in [2.75, 3.05) is 5.73 Å². The molecule has 0 unspecified atom stereocenters. The van der Waals surface area contributed by atoms with Crippen LogP contribution in [-0.2, 0) is 0 Å². The monoisotopic (exact) mass is 260 g/mol. The van der Waals surface area contributed by atoms with Crippen LogP contribution in [0.2, 0.25) is 0 Å². The highest BCUT2D eigenvalue weighted by atomic mass is 15.3. The van der Waals surface area contributed by atoms with E-state index in [-0.39, 0.29) is 0 Å². The Kier molecular flexibility index (Phi) is 2.94. The molecule has 96 valence electrons. The van der Waals surface area contributed by atoms with Crippen molar-refractivity contribution in [1.82, 2.24) is 9.78 Å². The average Bonchev–Trinajstić information content (AvgIpc) is 2.98. The summed E-state index contributed by atoms with van der Waals surface area (Å²) in [5, 5.41) is 13.3. The molecule has 0 bridgehead atoms. The molecule has 0 spiro atoms. The molecule has 0 radical (unpaired) electrons. The zero-order valence-corrected chi connectivity index (χ0v) is 10.7. The van der Waals surface area contributed by atoms with Crippen molar-refractivity contribution in [2.45, 2.75) is 0 Å². The van der Waals surface area contributed by atoms with Gasteiger partial charge >= 0.3 is 0 Å². The number of nitrogens with two attached hydrogens (primary N) is 1. The van der Waals surface area contributed by atoms with Crippen molar-refractivity contribution in [3.63, 3.8) is 0 Å². The van der Waals surface area contributed by atoms with Gasteiger partial charge in [-0.1, -0.05) is 30.3 Å². The molecule has 4 heteroatoms. The zero-order valence-electron chi connectivity index (χ0n) is 10.7. The quantitative estimate of drug-likeness (QED) is 0.720. The van der Waals surface area contributed by atoms with Gasteiger partial charge in [0.15, 0.2) is 0 Å². The topological polar surface area (TPSA) is 67.6 Å². The Morgan fingerprint density at radius 2 is 1.85 bits per heavy atom. The number of nitriles is 1. The molecule has 0 atom stereocenters. The molecule has 20 heavy (non-hydrogen) atoms. The zero-order chi connectivity index (χ0) is 13.9. The van der Waals surface area contributed by atoms with Gasteiger partial charge in [0.25, 0.3) is 0 Å². The molecular formula is C16H12N4.